The summed E-state index contributed by atoms with van der Waals surface area (Å²) in [6.07, 6.45) is 10.1. The highest BCUT2D eigenvalue weighted by Gasteiger charge is 2.07. The minimum absolute atomic E-state index is 0.603. The standard InChI is InChI=1S/C19H18N6/c1-13-6-17-15(11-22-18(17)21-8-13)7-14-9-23-19(24-10-14)25-12-16-4-2-3-5-20-16/h2-6,8-11H,7,12H2,1H3,(H,21,22)(H,23,24,25). The summed E-state index contributed by atoms with van der Waals surface area (Å²) in [6, 6.07) is 7.98. The Balaban J connectivity index is 1.45. The second-order valence-electron chi connectivity index (χ2n) is 5.99. The van der Waals surface area contributed by atoms with Gasteiger partial charge in [-0.3, -0.25) is 4.98 Å². The number of fused-ring (bicyclic) bond motifs is 1. The van der Waals surface area contributed by atoms with Crippen molar-refractivity contribution in [3.05, 3.63) is 77.6 Å². The number of nitrogens with one attached hydrogen (secondary N) is 2. The molecule has 0 saturated carbocycles. The lowest BCUT2D eigenvalue weighted by atomic mass is 10.1. The summed E-state index contributed by atoms with van der Waals surface area (Å²) in [7, 11) is 0. The zero-order chi connectivity index (χ0) is 17.1. The number of hydrogen-bond donors (Lipinski definition) is 2. The van der Waals surface area contributed by atoms with Gasteiger partial charge in [0.05, 0.1) is 12.2 Å². The van der Waals surface area contributed by atoms with Gasteiger partial charge in [0.25, 0.3) is 0 Å². The third-order valence-corrected chi connectivity index (χ3v) is 4.01. The molecule has 2 N–H and O–H groups in total. The summed E-state index contributed by atoms with van der Waals surface area (Å²) in [5.41, 5.74) is 5.28. The van der Waals surface area contributed by atoms with E-state index in [-0.39, 0.29) is 0 Å². The van der Waals surface area contributed by atoms with E-state index in [4.69, 9.17) is 0 Å². The molecule has 0 bridgehead atoms. The van der Waals surface area contributed by atoms with Gasteiger partial charge in [-0.2, -0.15) is 0 Å². The largest absolute Gasteiger partial charge is 0.349 e. The van der Waals surface area contributed by atoms with Crippen molar-refractivity contribution in [3.8, 4) is 0 Å². The van der Waals surface area contributed by atoms with E-state index in [2.05, 4.69) is 36.3 Å². The second kappa shape index (κ2) is 6.68. The zero-order valence-corrected chi connectivity index (χ0v) is 13.9. The fraction of sp³-hybridized carbons (Fsp3) is 0.158. The van der Waals surface area contributed by atoms with Crippen molar-refractivity contribution in [3.63, 3.8) is 0 Å². The highest BCUT2D eigenvalue weighted by Crippen LogP contribution is 2.20. The maximum absolute atomic E-state index is 4.41. The fourth-order valence-corrected chi connectivity index (χ4v) is 2.74. The highest BCUT2D eigenvalue weighted by atomic mass is 15.1. The van der Waals surface area contributed by atoms with Gasteiger partial charge < -0.3 is 10.3 Å². The van der Waals surface area contributed by atoms with Gasteiger partial charge >= 0.3 is 0 Å². The molecule has 4 rings (SSSR count). The Morgan fingerprint density at radius 1 is 1.04 bits per heavy atom. The van der Waals surface area contributed by atoms with Gasteiger partial charge in [-0.05, 0) is 41.8 Å². The second-order valence-corrected chi connectivity index (χ2v) is 5.99. The molecule has 0 aliphatic rings. The Bertz CT molecular complexity index is 976. The van der Waals surface area contributed by atoms with Crippen LogP contribution in [0.4, 0.5) is 5.95 Å². The molecule has 4 aromatic rings. The van der Waals surface area contributed by atoms with Gasteiger partial charge in [0, 0.05) is 42.8 Å². The third kappa shape index (κ3) is 3.47. The van der Waals surface area contributed by atoms with E-state index in [0.717, 1.165) is 34.3 Å². The van der Waals surface area contributed by atoms with Crippen LogP contribution in [0.3, 0.4) is 0 Å². The predicted molar refractivity (Wildman–Crippen MR) is 97.2 cm³/mol. The van der Waals surface area contributed by atoms with Crippen molar-refractivity contribution < 1.29 is 0 Å². The number of nitrogens with zero attached hydrogens (tertiary/aromatic N) is 4. The molecule has 0 unspecified atom stereocenters. The monoisotopic (exact) mass is 330 g/mol. The van der Waals surface area contributed by atoms with E-state index in [1.54, 1.807) is 6.20 Å². The first-order valence-corrected chi connectivity index (χ1v) is 8.15. The van der Waals surface area contributed by atoms with Gasteiger partial charge in [0.15, 0.2) is 0 Å². The third-order valence-electron chi connectivity index (χ3n) is 4.01. The lowest BCUT2D eigenvalue weighted by Crippen LogP contribution is -2.05. The number of anilines is 1. The van der Waals surface area contributed by atoms with Crippen molar-refractivity contribution in [1.29, 1.82) is 0 Å². The Morgan fingerprint density at radius 2 is 1.92 bits per heavy atom. The summed E-state index contributed by atoms with van der Waals surface area (Å²) in [5, 5.41) is 4.33. The number of hydrogen-bond acceptors (Lipinski definition) is 5. The molecule has 0 spiro atoms. The van der Waals surface area contributed by atoms with Crippen LogP contribution >= 0.6 is 0 Å². The quantitative estimate of drug-likeness (QED) is 0.587. The van der Waals surface area contributed by atoms with Crippen LogP contribution < -0.4 is 5.32 Å². The van der Waals surface area contributed by atoms with Gasteiger partial charge in [-0.15, -0.1) is 0 Å². The molecule has 0 aromatic carbocycles. The number of pyridine rings is 2. The maximum Gasteiger partial charge on any atom is 0.222 e. The minimum Gasteiger partial charge on any atom is -0.349 e. The molecule has 6 heteroatoms. The topological polar surface area (TPSA) is 79.4 Å². The molecule has 124 valence electrons. The molecular weight excluding hydrogens is 312 g/mol. The molecule has 0 saturated heterocycles. The van der Waals surface area contributed by atoms with Gasteiger partial charge in [0.1, 0.15) is 5.65 Å². The molecule has 25 heavy (non-hydrogen) atoms. The Labute approximate surface area is 145 Å². The number of rotatable bonds is 5. The van der Waals surface area contributed by atoms with Crippen LogP contribution in [-0.4, -0.2) is 24.9 Å². The summed E-state index contributed by atoms with van der Waals surface area (Å²) in [4.78, 5) is 20.7. The highest BCUT2D eigenvalue weighted by molar-refractivity contribution is 5.80. The molecular formula is C19H18N6. The molecule has 0 radical (unpaired) electrons. The van der Waals surface area contributed by atoms with E-state index in [9.17, 15) is 0 Å². The molecule has 0 amide bonds. The van der Waals surface area contributed by atoms with Gasteiger partial charge in [-0.1, -0.05) is 6.07 Å². The first-order valence-electron chi connectivity index (χ1n) is 8.15. The van der Waals surface area contributed by atoms with E-state index in [1.807, 2.05) is 49.9 Å². The van der Waals surface area contributed by atoms with E-state index < -0.39 is 0 Å². The Morgan fingerprint density at radius 3 is 2.72 bits per heavy atom. The average Bonchev–Trinajstić information content (AvgIpc) is 3.04. The van der Waals surface area contributed by atoms with Crippen LogP contribution in [0.25, 0.3) is 11.0 Å². The molecule has 0 fully saturated rings. The lowest BCUT2D eigenvalue weighted by molar-refractivity contribution is 0.988. The normalized spacial score (nSPS) is 10.9. The summed E-state index contributed by atoms with van der Waals surface area (Å²) < 4.78 is 0. The number of H-pyrrole nitrogens is 1. The van der Waals surface area contributed by atoms with E-state index in [1.165, 1.54) is 5.56 Å². The van der Waals surface area contributed by atoms with E-state index in [0.29, 0.717) is 12.5 Å². The number of aromatic amines is 1. The molecule has 6 nitrogen and oxygen atoms in total. The van der Waals surface area contributed by atoms with Crippen molar-refractivity contribution in [2.75, 3.05) is 5.32 Å². The van der Waals surface area contributed by atoms with Crippen LogP contribution in [0, 0.1) is 6.92 Å². The summed E-state index contributed by atoms with van der Waals surface area (Å²) in [6.45, 7) is 2.65. The number of aromatic nitrogens is 5. The first kappa shape index (κ1) is 15.3. The van der Waals surface area contributed by atoms with Crippen LogP contribution in [0.2, 0.25) is 0 Å². The van der Waals surface area contributed by atoms with Crippen molar-refractivity contribution in [2.45, 2.75) is 19.9 Å². The molecule has 0 aliphatic carbocycles. The van der Waals surface area contributed by atoms with Crippen molar-refractivity contribution in [1.82, 2.24) is 24.9 Å². The fourth-order valence-electron chi connectivity index (χ4n) is 2.74. The zero-order valence-electron chi connectivity index (χ0n) is 13.9. The lowest BCUT2D eigenvalue weighted by Gasteiger charge is -2.05. The molecule has 4 aromatic heterocycles. The Kier molecular flexibility index (Phi) is 4.08. The smallest absolute Gasteiger partial charge is 0.222 e. The average molecular weight is 330 g/mol. The van der Waals surface area contributed by atoms with Crippen LogP contribution in [0.1, 0.15) is 22.4 Å². The minimum atomic E-state index is 0.603. The van der Waals surface area contributed by atoms with Crippen LogP contribution in [0.5, 0.6) is 0 Å². The Hall–Kier alpha value is -3.28. The predicted octanol–water partition coefficient (Wildman–Crippen LogP) is 3.26. The molecule has 0 atom stereocenters. The van der Waals surface area contributed by atoms with Gasteiger partial charge in [0.2, 0.25) is 5.95 Å². The SMILES string of the molecule is Cc1cnc2[nH]cc(Cc3cnc(NCc4ccccn4)nc3)c2c1. The van der Waals surface area contributed by atoms with Crippen LogP contribution in [0.15, 0.2) is 55.2 Å². The first-order chi connectivity index (χ1) is 12.3. The molecule has 0 aliphatic heterocycles. The summed E-state index contributed by atoms with van der Waals surface area (Å²) in [5.74, 6) is 0.603. The maximum atomic E-state index is 4.41. The van der Waals surface area contributed by atoms with Crippen molar-refractivity contribution >= 4 is 17.0 Å². The number of aryl methyl sites for hydroxylation is 1. The van der Waals surface area contributed by atoms with Crippen molar-refractivity contribution in [2.24, 2.45) is 0 Å². The summed E-state index contributed by atoms with van der Waals surface area (Å²) >= 11 is 0. The van der Waals surface area contributed by atoms with Gasteiger partial charge in [-0.25, -0.2) is 15.0 Å². The molecule has 4 heterocycles. The van der Waals surface area contributed by atoms with E-state index >= 15 is 0 Å². The van der Waals surface area contributed by atoms with Crippen LogP contribution in [-0.2, 0) is 13.0 Å².